The molecule has 1 aromatic heterocycles. The standard InChI is InChI=1S/C20H27ClN4O2.ClH/c21-16-9-7-15(8-10-16)20-24-19(27-25-20)12-11-18(26)23-14-13-22-17-5-3-1-2-4-6-17;/h7-10,17,22H,1-6,11-14H2,(H,23,26);1H. The first kappa shape index (κ1) is 22.7. The maximum atomic E-state index is 12.0. The van der Waals surface area contributed by atoms with Gasteiger partial charge in [-0.15, -0.1) is 12.4 Å². The average Bonchev–Trinajstić information content (AvgIpc) is 3.00. The van der Waals surface area contributed by atoms with Gasteiger partial charge in [-0.3, -0.25) is 4.79 Å². The Hall–Kier alpha value is -1.63. The number of nitrogens with one attached hydrogen (secondary N) is 2. The Morgan fingerprint density at radius 1 is 1.11 bits per heavy atom. The molecule has 1 fully saturated rings. The van der Waals surface area contributed by atoms with E-state index in [0.29, 0.717) is 42.2 Å². The minimum absolute atomic E-state index is 0. The number of aromatic nitrogens is 2. The molecule has 28 heavy (non-hydrogen) atoms. The normalized spacial score (nSPS) is 14.9. The van der Waals surface area contributed by atoms with Crippen molar-refractivity contribution in [3.63, 3.8) is 0 Å². The molecule has 0 radical (unpaired) electrons. The SMILES string of the molecule is Cl.O=C(CCc1nc(-c2ccc(Cl)cc2)no1)NCCNC1CCCCCC1. The summed E-state index contributed by atoms with van der Waals surface area (Å²) in [7, 11) is 0. The van der Waals surface area contributed by atoms with Crippen LogP contribution in [0.25, 0.3) is 11.4 Å². The molecule has 1 amide bonds. The van der Waals surface area contributed by atoms with Gasteiger partial charge >= 0.3 is 0 Å². The number of nitrogens with zero attached hydrogens (tertiary/aromatic N) is 2. The highest BCUT2D eigenvalue weighted by molar-refractivity contribution is 6.30. The van der Waals surface area contributed by atoms with Gasteiger partial charge in [0.25, 0.3) is 0 Å². The van der Waals surface area contributed by atoms with Crippen molar-refractivity contribution >= 4 is 29.9 Å². The maximum absolute atomic E-state index is 12.0. The predicted octanol–water partition coefficient (Wildman–Crippen LogP) is 4.17. The van der Waals surface area contributed by atoms with Gasteiger partial charge in [-0.25, -0.2) is 0 Å². The molecule has 0 spiro atoms. The van der Waals surface area contributed by atoms with Gasteiger partial charge in [0.05, 0.1) is 0 Å². The van der Waals surface area contributed by atoms with Gasteiger partial charge < -0.3 is 15.2 Å². The van der Waals surface area contributed by atoms with E-state index in [1.54, 1.807) is 12.1 Å². The third kappa shape index (κ3) is 7.41. The summed E-state index contributed by atoms with van der Waals surface area (Å²) >= 11 is 5.88. The summed E-state index contributed by atoms with van der Waals surface area (Å²) in [5, 5.41) is 11.1. The lowest BCUT2D eigenvalue weighted by Crippen LogP contribution is -2.36. The van der Waals surface area contributed by atoms with Crippen LogP contribution in [-0.2, 0) is 11.2 Å². The Labute approximate surface area is 177 Å². The summed E-state index contributed by atoms with van der Waals surface area (Å²) in [5.74, 6) is 0.977. The monoisotopic (exact) mass is 426 g/mol. The van der Waals surface area contributed by atoms with Gasteiger partial charge in [-0.05, 0) is 37.1 Å². The fraction of sp³-hybridized carbons (Fsp3) is 0.550. The van der Waals surface area contributed by atoms with Crippen LogP contribution in [0, 0.1) is 0 Å². The summed E-state index contributed by atoms with van der Waals surface area (Å²) in [4.78, 5) is 16.3. The van der Waals surface area contributed by atoms with Crippen molar-refractivity contribution in [3.8, 4) is 11.4 Å². The van der Waals surface area contributed by atoms with Crippen LogP contribution in [0.4, 0.5) is 0 Å². The van der Waals surface area contributed by atoms with Crippen LogP contribution < -0.4 is 10.6 Å². The lowest BCUT2D eigenvalue weighted by molar-refractivity contribution is -0.121. The Kier molecular flexibility index (Phi) is 9.75. The summed E-state index contributed by atoms with van der Waals surface area (Å²) in [6.45, 7) is 1.47. The number of carbonyl (C=O) groups excluding carboxylic acids is 1. The number of amides is 1. The van der Waals surface area contributed by atoms with Crippen molar-refractivity contribution in [2.75, 3.05) is 13.1 Å². The lowest BCUT2D eigenvalue weighted by Gasteiger charge is -2.16. The molecule has 0 unspecified atom stereocenters. The molecule has 3 rings (SSSR count). The number of hydrogen-bond acceptors (Lipinski definition) is 5. The highest BCUT2D eigenvalue weighted by Crippen LogP contribution is 2.19. The Bertz CT molecular complexity index is 713. The molecule has 0 bridgehead atoms. The van der Waals surface area contributed by atoms with Gasteiger partial charge in [0.2, 0.25) is 17.6 Å². The van der Waals surface area contributed by atoms with Gasteiger partial charge in [0.1, 0.15) is 0 Å². The highest BCUT2D eigenvalue weighted by Gasteiger charge is 2.12. The molecule has 1 aromatic carbocycles. The minimum atomic E-state index is 0. The van der Waals surface area contributed by atoms with Crippen LogP contribution in [0.15, 0.2) is 28.8 Å². The van der Waals surface area contributed by atoms with Crippen molar-refractivity contribution in [1.29, 1.82) is 0 Å². The third-order valence-electron chi connectivity index (χ3n) is 4.87. The van der Waals surface area contributed by atoms with E-state index in [1.165, 1.54) is 38.5 Å². The Balaban J connectivity index is 0.00000280. The van der Waals surface area contributed by atoms with Gasteiger partial charge in [-0.1, -0.05) is 42.4 Å². The van der Waals surface area contributed by atoms with E-state index in [9.17, 15) is 4.79 Å². The van der Waals surface area contributed by atoms with Gasteiger partial charge in [-0.2, -0.15) is 4.98 Å². The zero-order chi connectivity index (χ0) is 18.9. The zero-order valence-corrected chi connectivity index (χ0v) is 17.5. The molecule has 1 saturated carbocycles. The highest BCUT2D eigenvalue weighted by atomic mass is 35.5. The molecule has 1 aliphatic carbocycles. The lowest BCUT2D eigenvalue weighted by atomic mass is 10.1. The largest absolute Gasteiger partial charge is 0.355 e. The van der Waals surface area contributed by atoms with Crippen molar-refractivity contribution in [2.24, 2.45) is 0 Å². The van der Waals surface area contributed by atoms with E-state index in [-0.39, 0.29) is 18.3 Å². The van der Waals surface area contributed by atoms with Crippen LogP contribution in [0.2, 0.25) is 5.02 Å². The summed E-state index contributed by atoms with van der Waals surface area (Å²) in [6.07, 6.45) is 8.60. The van der Waals surface area contributed by atoms with Gasteiger partial charge in [0.15, 0.2) is 0 Å². The van der Waals surface area contributed by atoms with Gasteiger partial charge in [0, 0.05) is 42.6 Å². The summed E-state index contributed by atoms with van der Waals surface area (Å²) in [6, 6.07) is 7.84. The van der Waals surface area contributed by atoms with Crippen LogP contribution in [-0.4, -0.2) is 35.2 Å². The number of halogens is 2. The molecular weight excluding hydrogens is 399 g/mol. The summed E-state index contributed by atoms with van der Waals surface area (Å²) in [5.41, 5.74) is 0.837. The fourth-order valence-electron chi connectivity index (χ4n) is 3.34. The molecule has 1 heterocycles. The van der Waals surface area contributed by atoms with Crippen molar-refractivity contribution in [3.05, 3.63) is 35.2 Å². The minimum Gasteiger partial charge on any atom is -0.355 e. The first-order valence-electron chi connectivity index (χ1n) is 9.79. The van der Waals surface area contributed by atoms with E-state index < -0.39 is 0 Å². The number of benzene rings is 1. The van der Waals surface area contributed by atoms with Crippen molar-refractivity contribution < 1.29 is 9.32 Å². The second kappa shape index (κ2) is 12.0. The van der Waals surface area contributed by atoms with E-state index in [2.05, 4.69) is 20.8 Å². The quantitative estimate of drug-likeness (QED) is 0.488. The molecule has 0 aliphatic heterocycles. The Morgan fingerprint density at radius 3 is 2.54 bits per heavy atom. The van der Waals surface area contributed by atoms with Crippen molar-refractivity contribution in [2.45, 2.75) is 57.4 Å². The third-order valence-corrected chi connectivity index (χ3v) is 5.12. The van der Waals surface area contributed by atoms with Crippen LogP contribution in [0.3, 0.4) is 0 Å². The number of rotatable bonds is 8. The summed E-state index contributed by atoms with van der Waals surface area (Å²) < 4.78 is 5.23. The molecule has 2 N–H and O–H groups in total. The van der Waals surface area contributed by atoms with E-state index in [4.69, 9.17) is 16.1 Å². The Morgan fingerprint density at radius 2 is 1.82 bits per heavy atom. The molecule has 2 aromatic rings. The van der Waals surface area contributed by atoms with E-state index in [1.807, 2.05) is 12.1 Å². The molecular formula is C20H28Cl2N4O2. The number of hydrogen-bond donors (Lipinski definition) is 2. The molecule has 0 saturated heterocycles. The van der Waals surface area contributed by atoms with Crippen LogP contribution in [0.1, 0.15) is 50.8 Å². The second-order valence-corrected chi connectivity index (χ2v) is 7.45. The maximum Gasteiger partial charge on any atom is 0.227 e. The molecule has 0 atom stereocenters. The van der Waals surface area contributed by atoms with Crippen LogP contribution >= 0.6 is 24.0 Å². The molecule has 6 nitrogen and oxygen atoms in total. The first-order valence-corrected chi connectivity index (χ1v) is 10.2. The molecule has 154 valence electrons. The molecule has 8 heteroatoms. The van der Waals surface area contributed by atoms with Crippen molar-refractivity contribution in [1.82, 2.24) is 20.8 Å². The van der Waals surface area contributed by atoms with E-state index in [0.717, 1.165) is 12.1 Å². The first-order chi connectivity index (χ1) is 13.2. The smallest absolute Gasteiger partial charge is 0.227 e. The average molecular weight is 427 g/mol. The molecule has 1 aliphatic rings. The van der Waals surface area contributed by atoms with Crippen LogP contribution in [0.5, 0.6) is 0 Å². The fourth-order valence-corrected chi connectivity index (χ4v) is 3.47. The number of carbonyl (C=O) groups is 1. The topological polar surface area (TPSA) is 80.0 Å². The zero-order valence-electron chi connectivity index (χ0n) is 16.0. The second-order valence-electron chi connectivity index (χ2n) is 7.01. The predicted molar refractivity (Wildman–Crippen MR) is 113 cm³/mol. The number of aryl methyl sites for hydroxylation is 1. The van der Waals surface area contributed by atoms with E-state index >= 15 is 0 Å².